The van der Waals surface area contributed by atoms with E-state index in [2.05, 4.69) is 22.0 Å². The second-order valence-corrected chi connectivity index (χ2v) is 16.8. The molecule has 0 spiro atoms. The van der Waals surface area contributed by atoms with Gasteiger partial charge in [0.1, 0.15) is 36.0 Å². The molecule has 58 heavy (non-hydrogen) atoms. The first-order valence-corrected chi connectivity index (χ1v) is 22.5. The van der Waals surface area contributed by atoms with Crippen molar-refractivity contribution in [2.24, 2.45) is 4.99 Å². The smallest absolute Gasteiger partial charge is 0.387 e. The van der Waals surface area contributed by atoms with Crippen molar-refractivity contribution in [2.45, 2.75) is 159 Å². The molecule has 1 saturated heterocycles. The molecule has 2 aromatic heterocycles. The Balaban J connectivity index is 1.25. The van der Waals surface area contributed by atoms with Crippen LogP contribution in [0.2, 0.25) is 0 Å². The fourth-order valence-electron chi connectivity index (χ4n) is 7.46. The maximum absolute atomic E-state index is 14.1. The number of nitrogens with zero attached hydrogens (tertiary/aromatic N) is 5. The number of ether oxygens (including phenoxy) is 2. The van der Waals surface area contributed by atoms with Crippen LogP contribution in [0.1, 0.15) is 145 Å². The number of aliphatic hydroxyl groups is 2. The number of phosphoric ester groups is 1. The average molecular weight is 831 g/mol. The Hall–Kier alpha value is -3.32. The lowest BCUT2D eigenvalue weighted by atomic mass is 9.96. The van der Waals surface area contributed by atoms with E-state index >= 15 is 0 Å². The summed E-state index contributed by atoms with van der Waals surface area (Å²) in [5.74, 6) is -0.366. The van der Waals surface area contributed by atoms with Crippen LogP contribution in [-0.4, -0.2) is 80.1 Å². The van der Waals surface area contributed by atoms with Crippen molar-refractivity contribution in [2.75, 3.05) is 26.0 Å². The van der Waals surface area contributed by atoms with Gasteiger partial charge < -0.3 is 30.3 Å². The number of halogens is 1. The number of anilines is 1. The van der Waals surface area contributed by atoms with Gasteiger partial charge in [-0.3, -0.25) is 14.0 Å². The van der Waals surface area contributed by atoms with E-state index in [9.17, 15) is 29.3 Å². The van der Waals surface area contributed by atoms with Crippen molar-refractivity contribution >= 4 is 25.4 Å². The monoisotopic (exact) mass is 830 g/mol. The van der Waals surface area contributed by atoms with Crippen LogP contribution in [-0.2, 0) is 29.7 Å². The van der Waals surface area contributed by atoms with Crippen LogP contribution in [0, 0.1) is 17.1 Å². The minimum atomic E-state index is -4.79. The number of aliphatic imine (C=N–C) groups is 1. The lowest BCUT2D eigenvalue weighted by Gasteiger charge is -2.28. The molecule has 4 rings (SSSR count). The predicted molar refractivity (Wildman–Crippen MR) is 221 cm³/mol. The van der Waals surface area contributed by atoms with Crippen molar-refractivity contribution in [1.29, 1.82) is 5.26 Å². The third-order valence-corrected chi connectivity index (χ3v) is 11.6. The molecule has 1 aliphatic heterocycles. The van der Waals surface area contributed by atoms with Crippen LogP contribution in [0.3, 0.4) is 0 Å². The molecule has 14 nitrogen and oxygen atoms in total. The zero-order valence-electron chi connectivity index (χ0n) is 34.2. The van der Waals surface area contributed by atoms with Gasteiger partial charge in [0.25, 0.3) is 0 Å². The van der Waals surface area contributed by atoms with Crippen molar-refractivity contribution in [3.05, 3.63) is 59.3 Å². The number of nitrogen functional groups attached to an aromatic ring is 1. The molecule has 322 valence electrons. The van der Waals surface area contributed by atoms with Gasteiger partial charge in [0.05, 0.1) is 43.3 Å². The molecule has 3 aromatic rings. The number of phosphoric acid groups is 1. The normalized spacial score (nSPS) is 21.2. The molecule has 0 bridgehead atoms. The largest absolute Gasteiger partial charge is 0.472 e. The van der Waals surface area contributed by atoms with Gasteiger partial charge >= 0.3 is 7.82 Å². The standard InChI is InChI=1S/C42H64FN6O8P/c1-3-4-5-6-7-8-9-10-11-12-13-14-15-16-17-18-19-20-35(54-27-33-23-32(26-44)24-34(43)25-33)28-55-58(52,53)56-30-42(29-46-2)40(51)38(50)39(57-42)36-21-22-37-41(45)47-31-48-49(36)37/h21-25,29,31,35,38-40,50-51H,3-20,27-28,30H2,1-2H3,(H,52,53)(H2,45,47,48)/b46-29-/t35-,38+,39+,40+,42-/m1/s1. The zero-order chi connectivity index (χ0) is 41.8. The summed E-state index contributed by atoms with van der Waals surface area (Å²) < 4.78 is 51.7. The fraction of sp³-hybridized carbons (Fsp3) is 0.667. The number of rotatable bonds is 29. The number of fused-ring (bicyclic) bond motifs is 1. The number of hydrogen-bond acceptors (Lipinski definition) is 12. The predicted octanol–water partition coefficient (Wildman–Crippen LogP) is 8.32. The number of nitriles is 1. The van der Waals surface area contributed by atoms with E-state index in [-0.39, 0.29) is 24.6 Å². The number of aliphatic hydroxyl groups excluding tert-OH is 2. The SMILES string of the molecule is CCCCCCCCCCCCCCCCCCC[C@H](COP(=O)(O)OC[C@@]1(/C=N\C)O[C@@H](c2ccc3c(N)ncnn23)[C@H](O)[C@@H]1O)OCc1cc(F)cc(C#N)c1. The van der Waals surface area contributed by atoms with E-state index in [4.69, 9.17) is 24.3 Å². The summed E-state index contributed by atoms with van der Waals surface area (Å²) in [4.78, 5) is 18.7. The first-order chi connectivity index (χ1) is 28.0. The van der Waals surface area contributed by atoms with E-state index in [0.29, 0.717) is 23.2 Å². The molecule has 0 saturated carbocycles. The lowest BCUT2D eigenvalue weighted by Crippen LogP contribution is -2.48. The molecule has 16 heteroatoms. The van der Waals surface area contributed by atoms with Crippen LogP contribution in [0.5, 0.6) is 0 Å². The Morgan fingerprint density at radius 3 is 2.22 bits per heavy atom. The summed E-state index contributed by atoms with van der Waals surface area (Å²) >= 11 is 0. The zero-order valence-corrected chi connectivity index (χ0v) is 35.1. The van der Waals surface area contributed by atoms with Gasteiger partial charge in [-0.05, 0) is 42.3 Å². The Kier molecular flexibility index (Phi) is 20.2. The molecule has 1 aliphatic rings. The summed E-state index contributed by atoms with van der Waals surface area (Å²) in [5, 5.41) is 35.7. The van der Waals surface area contributed by atoms with Gasteiger partial charge in [0.2, 0.25) is 0 Å². The lowest BCUT2D eigenvalue weighted by molar-refractivity contribution is -0.0655. The average Bonchev–Trinajstić information content (AvgIpc) is 3.74. The van der Waals surface area contributed by atoms with Gasteiger partial charge in [0.15, 0.2) is 11.4 Å². The van der Waals surface area contributed by atoms with Gasteiger partial charge in [-0.2, -0.15) is 10.4 Å². The Bertz CT molecular complexity index is 1790. The minimum absolute atomic E-state index is 0.0453. The van der Waals surface area contributed by atoms with Crippen molar-refractivity contribution < 1.29 is 42.6 Å². The number of hydrogen-bond donors (Lipinski definition) is 4. The van der Waals surface area contributed by atoms with E-state index in [1.807, 2.05) is 6.07 Å². The molecule has 0 amide bonds. The fourth-order valence-corrected chi connectivity index (χ4v) is 8.25. The highest BCUT2D eigenvalue weighted by molar-refractivity contribution is 7.47. The molecule has 0 aliphatic carbocycles. The summed E-state index contributed by atoms with van der Waals surface area (Å²) in [6, 6.07) is 9.12. The van der Waals surface area contributed by atoms with Crippen LogP contribution in [0.25, 0.3) is 5.52 Å². The van der Waals surface area contributed by atoms with Gasteiger partial charge in [-0.15, -0.1) is 0 Å². The van der Waals surface area contributed by atoms with E-state index in [1.54, 1.807) is 12.1 Å². The molecular weight excluding hydrogens is 766 g/mol. The van der Waals surface area contributed by atoms with E-state index in [0.717, 1.165) is 31.7 Å². The van der Waals surface area contributed by atoms with Crippen LogP contribution in [0.4, 0.5) is 10.2 Å². The molecule has 1 fully saturated rings. The third kappa shape index (κ3) is 14.7. The summed E-state index contributed by atoms with van der Waals surface area (Å²) in [7, 11) is -3.37. The number of benzene rings is 1. The van der Waals surface area contributed by atoms with E-state index < -0.39 is 50.3 Å². The molecular formula is C42H64FN6O8P. The summed E-state index contributed by atoms with van der Waals surface area (Å²) in [6.45, 7) is 1.19. The molecule has 5 N–H and O–H groups in total. The number of unbranched alkanes of at least 4 members (excludes halogenated alkanes) is 16. The first-order valence-electron chi connectivity index (χ1n) is 21.0. The van der Waals surface area contributed by atoms with Gasteiger partial charge in [-0.25, -0.2) is 18.5 Å². The molecule has 1 aromatic carbocycles. The highest BCUT2D eigenvalue weighted by atomic mass is 31.2. The Labute approximate surface area is 342 Å². The summed E-state index contributed by atoms with van der Waals surface area (Å²) in [5.41, 5.74) is 5.54. The molecule has 0 radical (unpaired) electrons. The van der Waals surface area contributed by atoms with E-state index in [1.165, 1.54) is 120 Å². The number of aromatic nitrogens is 3. The quantitative estimate of drug-likeness (QED) is 0.0296. The summed E-state index contributed by atoms with van der Waals surface area (Å²) in [6.07, 6.45) is 19.1. The van der Waals surface area contributed by atoms with Crippen LogP contribution in [0.15, 0.2) is 41.7 Å². The maximum atomic E-state index is 14.1. The molecule has 6 atom stereocenters. The van der Waals surface area contributed by atoms with Gasteiger partial charge in [0, 0.05) is 13.3 Å². The highest BCUT2D eigenvalue weighted by Gasteiger charge is 2.55. The van der Waals surface area contributed by atoms with Crippen molar-refractivity contribution in [3.8, 4) is 6.07 Å². The van der Waals surface area contributed by atoms with Crippen LogP contribution >= 0.6 is 7.82 Å². The second kappa shape index (κ2) is 24.7. The Morgan fingerprint density at radius 2 is 1.62 bits per heavy atom. The van der Waals surface area contributed by atoms with Crippen LogP contribution < -0.4 is 5.73 Å². The molecule has 3 heterocycles. The maximum Gasteiger partial charge on any atom is 0.472 e. The Morgan fingerprint density at radius 1 is 1.00 bits per heavy atom. The topological polar surface area (TPSA) is 207 Å². The third-order valence-electron chi connectivity index (χ3n) is 10.7. The van der Waals surface area contributed by atoms with Crippen molar-refractivity contribution in [3.63, 3.8) is 0 Å². The van der Waals surface area contributed by atoms with Crippen molar-refractivity contribution in [1.82, 2.24) is 14.6 Å². The first kappa shape index (κ1) is 47.4. The second-order valence-electron chi connectivity index (χ2n) is 15.4. The minimum Gasteiger partial charge on any atom is -0.387 e. The number of nitrogens with two attached hydrogens (primary N) is 1. The van der Waals surface area contributed by atoms with Gasteiger partial charge in [-0.1, -0.05) is 116 Å². The highest BCUT2D eigenvalue weighted by Crippen LogP contribution is 2.47. The molecule has 1 unspecified atom stereocenters.